The highest BCUT2D eigenvalue weighted by Gasteiger charge is 2.02. The van der Waals surface area contributed by atoms with Crippen LogP contribution in [0.3, 0.4) is 0 Å². The molecule has 4 heteroatoms. The average molecular weight is 176 g/mol. The first kappa shape index (κ1) is 7.79. The predicted octanol–water partition coefficient (Wildman–Crippen LogP) is 1.26. The molecule has 2 aromatic rings. The van der Waals surface area contributed by atoms with E-state index in [0.29, 0.717) is 5.88 Å². The molecule has 0 saturated heterocycles. The summed E-state index contributed by atoms with van der Waals surface area (Å²) in [4.78, 5) is 14.7. The lowest BCUT2D eigenvalue weighted by molar-refractivity contribution is -0.132. The first-order chi connectivity index (χ1) is 6.25. The smallest absolute Gasteiger partial charge is 0.309 e. The van der Waals surface area contributed by atoms with Gasteiger partial charge in [0.05, 0.1) is 6.20 Å². The molecule has 13 heavy (non-hydrogen) atoms. The van der Waals surface area contributed by atoms with Gasteiger partial charge in [-0.25, -0.2) is 0 Å². The van der Waals surface area contributed by atoms with Gasteiger partial charge < -0.3 is 9.14 Å². The van der Waals surface area contributed by atoms with Gasteiger partial charge in [0.1, 0.15) is 5.65 Å². The third-order valence-corrected chi connectivity index (χ3v) is 1.59. The van der Waals surface area contributed by atoms with Crippen LogP contribution in [0.2, 0.25) is 0 Å². The van der Waals surface area contributed by atoms with Gasteiger partial charge in [0.25, 0.3) is 0 Å². The third-order valence-electron chi connectivity index (χ3n) is 1.59. The number of fused-ring (bicyclic) bond motifs is 1. The first-order valence-corrected chi connectivity index (χ1v) is 3.88. The second-order valence-corrected chi connectivity index (χ2v) is 2.64. The van der Waals surface area contributed by atoms with E-state index in [4.69, 9.17) is 4.74 Å². The van der Waals surface area contributed by atoms with Crippen LogP contribution >= 0.6 is 0 Å². The average Bonchev–Trinajstić information content (AvgIpc) is 2.44. The number of pyridine rings is 1. The molecule has 0 atom stereocenters. The molecule has 2 aromatic heterocycles. The minimum atomic E-state index is -0.358. The Morgan fingerprint density at radius 2 is 2.38 bits per heavy atom. The molecule has 0 radical (unpaired) electrons. The van der Waals surface area contributed by atoms with Gasteiger partial charge in [-0.1, -0.05) is 6.07 Å². The van der Waals surface area contributed by atoms with E-state index in [9.17, 15) is 4.79 Å². The molecule has 0 fully saturated rings. The highest BCUT2D eigenvalue weighted by molar-refractivity contribution is 5.68. The van der Waals surface area contributed by atoms with E-state index >= 15 is 0 Å². The van der Waals surface area contributed by atoms with Gasteiger partial charge in [-0.05, 0) is 12.1 Å². The Hall–Kier alpha value is -1.84. The van der Waals surface area contributed by atoms with Gasteiger partial charge in [0, 0.05) is 13.1 Å². The number of nitrogens with zero attached hydrogens (tertiary/aromatic N) is 2. The molecule has 0 aromatic carbocycles. The number of carbonyl (C=O) groups is 1. The molecular formula is C9H8N2O2. The number of esters is 1. The lowest BCUT2D eigenvalue weighted by atomic mass is 10.5. The van der Waals surface area contributed by atoms with Crippen molar-refractivity contribution in [3.8, 4) is 5.88 Å². The van der Waals surface area contributed by atoms with E-state index in [1.807, 2.05) is 24.4 Å². The van der Waals surface area contributed by atoms with Crippen molar-refractivity contribution in [2.24, 2.45) is 0 Å². The van der Waals surface area contributed by atoms with Gasteiger partial charge in [-0.15, -0.1) is 0 Å². The minimum absolute atomic E-state index is 0.332. The van der Waals surface area contributed by atoms with Crippen LogP contribution in [-0.2, 0) is 4.79 Å². The zero-order valence-electron chi connectivity index (χ0n) is 7.10. The van der Waals surface area contributed by atoms with Crippen molar-refractivity contribution in [1.82, 2.24) is 9.38 Å². The van der Waals surface area contributed by atoms with Crippen molar-refractivity contribution in [3.63, 3.8) is 0 Å². The van der Waals surface area contributed by atoms with Crippen molar-refractivity contribution in [2.75, 3.05) is 0 Å². The number of hydrogen-bond donors (Lipinski definition) is 0. The molecule has 0 aliphatic rings. The van der Waals surface area contributed by atoms with Crippen LogP contribution in [0, 0.1) is 0 Å². The largest absolute Gasteiger partial charge is 0.406 e. The molecule has 2 rings (SSSR count). The van der Waals surface area contributed by atoms with Gasteiger partial charge in [0.2, 0.25) is 5.88 Å². The predicted molar refractivity (Wildman–Crippen MR) is 46.5 cm³/mol. The van der Waals surface area contributed by atoms with Crippen molar-refractivity contribution in [3.05, 3.63) is 30.6 Å². The number of ether oxygens (including phenoxy) is 1. The van der Waals surface area contributed by atoms with E-state index in [1.54, 1.807) is 10.6 Å². The highest BCUT2D eigenvalue weighted by atomic mass is 16.5. The molecule has 66 valence electrons. The van der Waals surface area contributed by atoms with Crippen molar-refractivity contribution in [2.45, 2.75) is 6.92 Å². The highest BCUT2D eigenvalue weighted by Crippen LogP contribution is 2.10. The van der Waals surface area contributed by atoms with Gasteiger partial charge in [-0.3, -0.25) is 4.79 Å². The molecule has 0 spiro atoms. The molecule has 0 unspecified atom stereocenters. The molecule has 0 amide bonds. The summed E-state index contributed by atoms with van der Waals surface area (Å²) in [6.07, 6.45) is 3.51. The van der Waals surface area contributed by atoms with E-state index in [1.165, 1.54) is 6.92 Å². The Balaban J connectivity index is 2.44. The molecule has 2 heterocycles. The SMILES string of the molecule is CC(=O)Oc1cn2ccccc2n1. The Kier molecular flexibility index (Phi) is 1.73. The monoisotopic (exact) mass is 176 g/mol. The van der Waals surface area contributed by atoms with Crippen LogP contribution in [0.1, 0.15) is 6.92 Å². The van der Waals surface area contributed by atoms with Crippen LogP contribution in [0.15, 0.2) is 30.6 Å². The fourth-order valence-corrected chi connectivity index (χ4v) is 1.11. The molecule has 4 nitrogen and oxygen atoms in total. The topological polar surface area (TPSA) is 43.6 Å². The maximum absolute atomic E-state index is 10.6. The van der Waals surface area contributed by atoms with E-state index < -0.39 is 0 Å². The molecule has 0 N–H and O–H groups in total. The zero-order valence-corrected chi connectivity index (χ0v) is 7.10. The fourth-order valence-electron chi connectivity index (χ4n) is 1.11. The van der Waals surface area contributed by atoms with E-state index in [2.05, 4.69) is 4.98 Å². The second kappa shape index (κ2) is 2.90. The van der Waals surface area contributed by atoms with E-state index in [-0.39, 0.29) is 5.97 Å². The Morgan fingerprint density at radius 1 is 1.54 bits per heavy atom. The summed E-state index contributed by atoms with van der Waals surface area (Å²) >= 11 is 0. The maximum atomic E-state index is 10.6. The standard InChI is InChI=1S/C9H8N2O2/c1-7(12)13-9-6-11-5-3-2-4-8(11)10-9/h2-6H,1H3. The summed E-state index contributed by atoms with van der Waals surface area (Å²) in [5.74, 6) is -0.0258. The molecule has 0 saturated carbocycles. The van der Waals surface area contributed by atoms with Crippen LogP contribution in [-0.4, -0.2) is 15.4 Å². The lowest BCUT2D eigenvalue weighted by Crippen LogP contribution is -2.00. The summed E-state index contributed by atoms with van der Waals surface area (Å²) in [7, 11) is 0. The fraction of sp³-hybridized carbons (Fsp3) is 0.111. The van der Waals surface area contributed by atoms with Gasteiger partial charge >= 0.3 is 5.97 Å². The normalized spacial score (nSPS) is 10.2. The summed E-state index contributed by atoms with van der Waals surface area (Å²) in [5.41, 5.74) is 0.763. The van der Waals surface area contributed by atoms with Crippen LogP contribution in [0.5, 0.6) is 5.88 Å². The van der Waals surface area contributed by atoms with Crippen LogP contribution < -0.4 is 4.74 Å². The Bertz CT molecular complexity index is 415. The Morgan fingerprint density at radius 3 is 3.08 bits per heavy atom. The van der Waals surface area contributed by atoms with Crippen molar-refractivity contribution < 1.29 is 9.53 Å². The molecule has 0 bridgehead atoms. The maximum Gasteiger partial charge on any atom is 0.309 e. The molecular weight excluding hydrogens is 168 g/mol. The zero-order chi connectivity index (χ0) is 9.26. The first-order valence-electron chi connectivity index (χ1n) is 3.88. The molecule has 0 aliphatic heterocycles. The summed E-state index contributed by atoms with van der Waals surface area (Å²) < 4.78 is 6.62. The van der Waals surface area contributed by atoms with Crippen LogP contribution in [0.4, 0.5) is 0 Å². The number of hydrogen-bond acceptors (Lipinski definition) is 3. The number of aromatic nitrogens is 2. The van der Waals surface area contributed by atoms with Gasteiger partial charge in [0.15, 0.2) is 0 Å². The van der Waals surface area contributed by atoms with Crippen molar-refractivity contribution in [1.29, 1.82) is 0 Å². The summed E-state index contributed by atoms with van der Waals surface area (Å²) in [6, 6.07) is 5.60. The molecule has 0 aliphatic carbocycles. The van der Waals surface area contributed by atoms with Gasteiger partial charge in [-0.2, -0.15) is 4.98 Å². The second-order valence-electron chi connectivity index (χ2n) is 2.64. The lowest BCUT2D eigenvalue weighted by Gasteiger charge is -1.90. The number of carbonyl (C=O) groups excluding carboxylic acids is 1. The van der Waals surface area contributed by atoms with E-state index in [0.717, 1.165) is 5.65 Å². The minimum Gasteiger partial charge on any atom is -0.406 e. The quantitative estimate of drug-likeness (QED) is 0.614. The third kappa shape index (κ3) is 1.51. The Labute approximate surface area is 74.8 Å². The summed E-state index contributed by atoms with van der Waals surface area (Å²) in [6.45, 7) is 1.35. The number of imidazole rings is 1. The number of rotatable bonds is 1. The summed E-state index contributed by atoms with van der Waals surface area (Å²) in [5, 5.41) is 0. The van der Waals surface area contributed by atoms with Crippen molar-refractivity contribution >= 4 is 11.6 Å². The van der Waals surface area contributed by atoms with Crippen LogP contribution in [0.25, 0.3) is 5.65 Å².